The molecular formula is C22H22F2N4O3S. The zero-order chi connectivity index (χ0) is 22.9. The molecule has 0 aliphatic carbocycles. The Morgan fingerprint density at radius 3 is 2.75 bits per heavy atom. The van der Waals surface area contributed by atoms with Crippen molar-refractivity contribution in [2.75, 3.05) is 29.6 Å². The number of nitrogens with one attached hydrogen (secondary N) is 1. The Morgan fingerprint density at radius 2 is 1.97 bits per heavy atom. The van der Waals surface area contributed by atoms with Gasteiger partial charge in [0.05, 0.1) is 22.2 Å². The first-order chi connectivity index (χ1) is 15.1. The number of fused-ring (bicyclic) bond motifs is 1. The Labute approximate surface area is 184 Å². The number of hydrogen-bond donors (Lipinski definition) is 1. The van der Waals surface area contributed by atoms with Crippen LogP contribution in [0.25, 0.3) is 10.9 Å². The summed E-state index contributed by atoms with van der Waals surface area (Å²) in [6.45, 7) is 0.411. The fourth-order valence-electron chi connectivity index (χ4n) is 3.69. The number of pyridine rings is 2. The van der Waals surface area contributed by atoms with Crippen LogP contribution in [0, 0.1) is 0 Å². The molecule has 2 aromatic heterocycles. The van der Waals surface area contributed by atoms with Gasteiger partial charge in [-0.05, 0) is 36.8 Å². The molecule has 7 nitrogen and oxygen atoms in total. The zero-order valence-corrected chi connectivity index (χ0v) is 18.2. The molecule has 1 aliphatic rings. The molecule has 0 bridgehead atoms. The summed E-state index contributed by atoms with van der Waals surface area (Å²) in [4.78, 5) is 23.6. The third-order valence-corrected chi connectivity index (χ3v) is 6.49. The van der Waals surface area contributed by atoms with Crippen LogP contribution < -0.4 is 10.2 Å². The Balaban J connectivity index is 1.72. The highest BCUT2D eigenvalue weighted by molar-refractivity contribution is 7.90. The number of amides is 1. The van der Waals surface area contributed by atoms with Crippen LogP contribution in [0.2, 0.25) is 0 Å². The van der Waals surface area contributed by atoms with Crippen LogP contribution in [0.1, 0.15) is 29.6 Å². The second kappa shape index (κ2) is 8.42. The number of nitrogens with zero attached hydrogens (tertiary/aromatic N) is 3. The molecule has 3 aromatic rings. The highest BCUT2D eigenvalue weighted by atomic mass is 32.2. The number of carbonyl (C=O) groups is 1. The number of alkyl halides is 2. The van der Waals surface area contributed by atoms with Gasteiger partial charge in [-0.25, -0.2) is 22.2 Å². The molecule has 1 N–H and O–H groups in total. The maximum absolute atomic E-state index is 13.9. The molecular weight excluding hydrogens is 438 g/mol. The maximum atomic E-state index is 13.9. The van der Waals surface area contributed by atoms with Gasteiger partial charge in [0, 0.05) is 49.5 Å². The molecule has 1 saturated heterocycles. The molecule has 168 valence electrons. The first-order valence-electron chi connectivity index (χ1n) is 10.1. The van der Waals surface area contributed by atoms with Crippen LogP contribution in [0.15, 0.2) is 53.7 Å². The summed E-state index contributed by atoms with van der Waals surface area (Å²) >= 11 is 0. The number of halogens is 2. The van der Waals surface area contributed by atoms with E-state index < -0.39 is 21.7 Å². The molecule has 4 rings (SSSR count). The second-order valence-corrected chi connectivity index (χ2v) is 9.89. The lowest BCUT2D eigenvalue weighted by atomic mass is 10.1. The van der Waals surface area contributed by atoms with E-state index in [1.165, 1.54) is 18.2 Å². The van der Waals surface area contributed by atoms with E-state index in [0.717, 1.165) is 6.26 Å². The smallest absolute Gasteiger partial charge is 0.259 e. The van der Waals surface area contributed by atoms with Gasteiger partial charge in [-0.3, -0.25) is 9.78 Å². The summed E-state index contributed by atoms with van der Waals surface area (Å²) in [5.74, 6) is -2.95. The minimum atomic E-state index is -3.44. The summed E-state index contributed by atoms with van der Waals surface area (Å²) in [5.41, 5.74) is 1.08. The molecule has 0 spiro atoms. The lowest BCUT2D eigenvalue weighted by Crippen LogP contribution is -2.29. The Bertz CT molecular complexity index is 1280. The first kappa shape index (κ1) is 22.1. The van der Waals surface area contributed by atoms with Crippen molar-refractivity contribution >= 4 is 38.2 Å². The summed E-state index contributed by atoms with van der Waals surface area (Å²) in [7, 11) is -3.44. The van der Waals surface area contributed by atoms with Crippen molar-refractivity contribution in [3.63, 3.8) is 0 Å². The fraction of sp³-hybridized carbons (Fsp3) is 0.318. The van der Waals surface area contributed by atoms with Crippen molar-refractivity contribution in [3.8, 4) is 0 Å². The Hall–Kier alpha value is -3.14. The number of carbonyl (C=O) groups excluding carboxylic acids is 1. The molecule has 32 heavy (non-hydrogen) atoms. The summed E-state index contributed by atoms with van der Waals surface area (Å²) in [6, 6.07) is 9.29. The van der Waals surface area contributed by atoms with E-state index in [0.29, 0.717) is 29.0 Å². The second-order valence-electron chi connectivity index (χ2n) is 7.88. The molecule has 1 aromatic carbocycles. The van der Waals surface area contributed by atoms with Crippen molar-refractivity contribution < 1.29 is 22.0 Å². The quantitative estimate of drug-likeness (QED) is 0.635. The summed E-state index contributed by atoms with van der Waals surface area (Å²) < 4.78 is 51.5. The normalized spacial score (nSPS) is 16.5. The molecule has 1 aliphatic heterocycles. The van der Waals surface area contributed by atoms with Gasteiger partial charge in [0.25, 0.3) is 5.91 Å². The monoisotopic (exact) mass is 460 g/mol. The topological polar surface area (TPSA) is 92.3 Å². The lowest BCUT2D eigenvalue weighted by Gasteiger charge is -2.24. The van der Waals surface area contributed by atoms with E-state index in [9.17, 15) is 22.0 Å². The van der Waals surface area contributed by atoms with Crippen LogP contribution in [-0.2, 0) is 9.84 Å². The standard InChI is InChI=1S/C22H22F2N4O3S/c1-32(30,31)17-5-2-4-16(13-17)26-21(29)18-12-15-6-9-25-14-19(15)27-20(18)28-10-3-7-22(23,24)8-11-28/h2,4-6,9,12-14H,3,7-8,10-11H2,1H3,(H,26,29). The molecule has 3 heterocycles. The van der Waals surface area contributed by atoms with Gasteiger partial charge in [-0.2, -0.15) is 0 Å². The van der Waals surface area contributed by atoms with Gasteiger partial charge in [0.15, 0.2) is 9.84 Å². The van der Waals surface area contributed by atoms with Gasteiger partial charge in [-0.15, -0.1) is 0 Å². The van der Waals surface area contributed by atoms with Gasteiger partial charge < -0.3 is 10.2 Å². The van der Waals surface area contributed by atoms with Crippen molar-refractivity contribution in [2.24, 2.45) is 0 Å². The first-order valence-corrected chi connectivity index (χ1v) is 12.0. The van der Waals surface area contributed by atoms with Crippen molar-refractivity contribution in [3.05, 3.63) is 54.4 Å². The van der Waals surface area contributed by atoms with E-state index in [2.05, 4.69) is 15.3 Å². The van der Waals surface area contributed by atoms with Crippen LogP contribution in [-0.4, -0.2) is 49.6 Å². The molecule has 10 heteroatoms. The molecule has 1 fully saturated rings. The minimum absolute atomic E-state index is 0.0651. The van der Waals surface area contributed by atoms with Crippen LogP contribution in [0.4, 0.5) is 20.3 Å². The predicted octanol–water partition coefficient (Wildman–Crippen LogP) is 3.91. The summed E-state index contributed by atoms with van der Waals surface area (Å²) in [6.07, 6.45) is 3.96. The number of rotatable bonds is 4. The highest BCUT2D eigenvalue weighted by Gasteiger charge is 2.33. The fourth-order valence-corrected chi connectivity index (χ4v) is 4.36. The predicted molar refractivity (Wildman–Crippen MR) is 118 cm³/mol. The Kier molecular flexibility index (Phi) is 5.81. The number of anilines is 2. The molecule has 0 saturated carbocycles. The van der Waals surface area contributed by atoms with E-state index in [1.54, 1.807) is 35.5 Å². The Morgan fingerprint density at radius 1 is 1.16 bits per heavy atom. The molecule has 0 radical (unpaired) electrons. The van der Waals surface area contributed by atoms with Crippen molar-refractivity contribution in [1.29, 1.82) is 0 Å². The lowest BCUT2D eigenvalue weighted by molar-refractivity contribution is -0.0102. The molecule has 0 atom stereocenters. The van der Waals surface area contributed by atoms with E-state index in [-0.39, 0.29) is 36.3 Å². The van der Waals surface area contributed by atoms with Gasteiger partial charge >= 0.3 is 0 Å². The molecule has 1 amide bonds. The van der Waals surface area contributed by atoms with E-state index in [1.807, 2.05) is 0 Å². The van der Waals surface area contributed by atoms with E-state index in [4.69, 9.17) is 0 Å². The third-order valence-electron chi connectivity index (χ3n) is 5.38. The summed E-state index contributed by atoms with van der Waals surface area (Å²) in [5, 5.41) is 3.39. The van der Waals surface area contributed by atoms with E-state index >= 15 is 0 Å². The van der Waals surface area contributed by atoms with Crippen LogP contribution in [0.5, 0.6) is 0 Å². The third kappa shape index (κ3) is 4.85. The largest absolute Gasteiger partial charge is 0.356 e. The number of benzene rings is 1. The zero-order valence-electron chi connectivity index (χ0n) is 17.4. The van der Waals surface area contributed by atoms with Gasteiger partial charge in [0.2, 0.25) is 5.92 Å². The van der Waals surface area contributed by atoms with Crippen LogP contribution in [0.3, 0.4) is 0 Å². The maximum Gasteiger partial charge on any atom is 0.259 e. The number of hydrogen-bond acceptors (Lipinski definition) is 6. The van der Waals surface area contributed by atoms with Gasteiger partial charge in [0.1, 0.15) is 5.82 Å². The van der Waals surface area contributed by atoms with Crippen molar-refractivity contribution in [1.82, 2.24) is 9.97 Å². The SMILES string of the molecule is CS(=O)(=O)c1cccc(NC(=O)c2cc3ccncc3nc2N2CCCC(F)(F)CC2)c1. The number of sulfone groups is 1. The highest BCUT2D eigenvalue weighted by Crippen LogP contribution is 2.32. The average Bonchev–Trinajstić information content (AvgIpc) is 2.92. The molecule has 0 unspecified atom stereocenters. The van der Waals surface area contributed by atoms with Crippen molar-refractivity contribution in [2.45, 2.75) is 30.1 Å². The van der Waals surface area contributed by atoms with Crippen LogP contribution >= 0.6 is 0 Å². The van der Waals surface area contributed by atoms with Gasteiger partial charge in [-0.1, -0.05) is 6.07 Å². The number of aromatic nitrogens is 2. The minimum Gasteiger partial charge on any atom is -0.356 e. The average molecular weight is 461 g/mol.